The standard InChI is InChI=1S/C48H46N6O7/c1-52-41-15-18-49-28-40(41)37-10-7-30(23-43(37)52)31-8-14-45(50-27-31)61-36-24-35(25-36)60-33-16-19-53(20-17-33)32-6-2-4-29(22-32)5-3-21-59-34-9-11-38-39(26-34)48(58)54(47(38)57)42-12-13-44(55)51-46(42)56/h2,4,6-11,14-15,18,22-23,26-28,33,35-36,42H,3,5,12-13,16-17,19-21,24-25H2,1H3,(H,51,55,56)/t35-,36-,42?. The van der Waals surface area contributed by atoms with E-state index < -0.39 is 29.7 Å². The van der Waals surface area contributed by atoms with E-state index in [1.54, 1.807) is 18.2 Å². The number of aromatic nitrogens is 3. The van der Waals surface area contributed by atoms with Crippen LogP contribution in [0.15, 0.2) is 97.5 Å². The van der Waals surface area contributed by atoms with Gasteiger partial charge in [0, 0.05) is 91.6 Å². The third-order valence-corrected chi connectivity index (χ3v) is 12.6. The summed E-state index contributed by atoms with van der Waals surface area (Å²) in [6, 6.07) is 25.1. The normalized spacial score (nSPS) is 20.6. The Morgan fingerprint density at radius 1 is 0.770 bits per heavy atom. The van der Waals surface area contributed by atoms with E-state index in [4.69, 9.17) is 14.2 Å². The molecule has 1 saturated carbocycles. The number of benzene rings is 3. The van der Waals surface area contributed by atoms with Crippen molar-refractivity contribution in [3.8, 4) is 22.8 Å². The second-order valence-corrected chi connectivity index (χ2v) is 16.5. The Balaban J connectivity index is 0.648. The Bertz CT molecular complexity index is 2680. The van der Waals surface area contributed by atoms with Crippen LogP contribution < -0.4 is 19.7 Å². The number of fused-ring (bicyclic) bond motifs is 4. The molecule has 1 unspecified atom stereocenters. The monoisotopic (exact) mass is 818 g/mol. The molecule has 13 heteroatoms. The Morgan fingerprint density at radius 3 is 2.43 bits per heavy atom. The first kappa shape index (κ1) is 38.6. The highest BCUT2D eigenvalue weighted by atomic mass is 16.5. The molecule has 4 aliphatic rings. The van der Waals surface area contributed by atoms with Gasteiger partial charge in [-0.15, -0.1) is 0 Å². The SMILES string of the molecule is Cn1c2ccncc2c2ccc(-c3ccc(O[C@H]4C[C@H](OC5CCN(c6cccc(CCCOc7ccc8c(c7)C(=O)N(C7CCC(=O)NC7=O)C8=O)c6)CC5)C4)nc3)cc21. The van der Waals surface area contributed by atoms with Gasteiger partial charge in [-0.3, -0.25) is 34.4 Å². The lowest BCUT2D eigenvalue weighted by molar-refractivity contribution is -0.136. The van der Waals surface area contributed by atoms with Crippen molar-refractivity contribution in [2.24, 2.45) is 7.05 Å². The Kier molecular flexibility index (Phi) is 10.2. The summed E-state index contributed by atoms with van der Waals surface area (Å²) in [7, 11) is 2.09. The lowest BCUT2D eigenvalue weighted by Crippen LogP contribution is -2.54. The molecule has 4 amide bonds. The molecule has 2 saturated heterocycles. The fourth-order valence-electron chi connectivity index (χ4n) is 9.19. The molecule has 3 aromatic carbocycles. The van der Waals surface area contributed by atoms with Crippen LogP contribution >= 0.6 is 0 Å². The smallest absolute Gasteiger partial charge is 0.262 e. The lowest BCUT2D eigenvalue weighted by atomic mass is 9.91. The zero-order valence-electron chi connectivity index (χ0n) is 33.9. The van der Waals surface area contributed by atoms with E-state index in [1.165, 1.54) is 22.2 Å². The largest absolute Gasteiger partial charge is 0.494 e. The number of ether oxygens (including phenoxy) is 3. The number of hydrogen-bond acceptors (Lipinski definition) is 10. The number of nitrogens with zero attached hydrogens (tertiary/aromatic N) is 5. The van der Waals surface area contributed by atoms with Crippen LogP contribution in [-0.4, -0.2) is 87.1 Å². The molecule has 0 radical (unpaired) electrons. The van der Waals surface area contributed by atoms with Crippen LogP contribution in [-0.2, 0) is 27.8 Å². The summed E-state index contributed by atoms with van der Waals surface area (Å²) in [5.74, 6) is -0.976. The topological polar surface area (TPSA) is 145 Å². The van der Waals surface area contributed by atoms with Gasteiger partial charge in [0.2, 0.25) is 17.7 Å². The predicted molar refractivity (Wildman–Crippen MR) is 229 cm³/mol. The number of nitrogens with one attached hydrogen (secondary N) is 1. The van der Waals surface area contributed by atoms with Crippen LogP contribution in [0, 0.1) is 0 Å². The molecule has 0 bridgehead atoms. The number of carbonyl (C=O) groups excluding carboxylic acids is 4. The molecule has 0 spiro atoms. The first-order chi connectivity index (χ1) is 29.8. The second kappa shape index (κ2) is 16.1. The van der Waals surface area contributed by atoms with Crippen molar-refractivity contribution < 1.29 is 33.4 Å². The summed E-state index contributed by atoms with van der Waals surface area (Å²) in [6.07, 6.45) is 11.7. The van der Waals surface area contributed by atoms with Gasteiger partial charge in [0.05, 0.1) is 35.5 Å². The van der Waals surface area contributed by atoms with Crippen molar-refractivity contribution >= 4 is 51.1 Å². The van der Waals surface area contributed by atoms with Crippen LogP contribution in [0.5, 0.6) is 11.6 Å². The Morgan fingerprint density at radius 2 is 1.61 bits per heavy atom. The molecule has 61 heavy (non-hydrogen) atoms. The van der Waals surface area contributed by atoms with Crippen molar-refractivity contribution in [2.75, 3.05) is 24.6 Å². The number of pyridine rings is 2. The summed E-state index contributed by atoms with van der Waals surface area (Å²) in [4.78, 5) is 62.5. The quantitative estimate of drug-likeness (QED) is 0.103. The molecule has 13 nitrogen and oxygen atoms in total. The maximum atomic E-state index is 13.2. The second-order valence-electron chi connectivity index (χ2n) is 16.5. The fraction of sp³-hybridized carbons (Fsp3) is 0.333. The molecule has 3 fully saturated rings. The molecule has 1 aliphatic carbocycles. The molecule has 310 valence electrons. The lowest BCUT2D eigenvalue weighted by Gasteiger charge is -2.40. The average Bonchev–Trinajstić information content (AvgIpc) is 3.69. The number of rotatable bonds is 12. The molecule has 1 N–H and O–H groups in total. The summed E-state index contributed by atoms with van der Waals surface area (Å²) in [5, 5.41) is 4.57. The van der Waals surface area contributed by atoms with Gasteiger partial charge < -0.3 is 23.7 Å². The van der Waals surface area contributed by atoms with Crippen LogP contribution in [0.2, 0.25) is 0 Å². The fourth-order valence-corrected chi connectivity index (χ4v) is 9.19. The van der Waals surface area contributed by atoms with E-state index in [0.29, 0.717) is 18.2 Å². The molecular formula is C48H46N6O7. The number of anilines is 1. The minimum atomic E-state index is -0.995. The third-order valence-electron chi connectivity index (χ3n) is 12.6. The van der Waals surface area contributed by atoms with Crippen molar-refractivity contribution in [3.05, 3.63) is 114 Å². The van der Waals surface area contributed by atoms with Gasteiger partial charge in [0.15, 0.2) is 0 Å². The first-order valence-electron chi connectivity index (χ1n) is 21.2. The molecule has 10 rings (SSSR count). The van der Waals surface area contributed by atoms with Gasteiger partial charge >= 0.3 is 0 Å². The third kappa shape index (κ3) is 7.58. The van der Waals surface area contributed by atoms with Gasteiger partial charge in [-0.25, -0.2) is 4.98 Å². The van der Waals surface area contributed by atoms with Gasteiger partial charge in [-0.2, -0.15) is 0 Å². The number of amides is 4. The highest BCUT2D eigenvalue weighted by Crippen LogP contribution is 2.35. The maximum Gasteiger partial charge on any atom is 0.262 e. The summed E-state index contributed by atoms with van der Waals surface area (Å²) < 4.78 is 20.9. The van der Waals surface area contributed by atoms with E-state index >= 15 is 0 Å². The van der Waals surface area contributed by atoms with E-state index in [9.17, 15) is 19.2 Å². The zero-order chi connectivity index (χ0) is 41.6. The summed E-state index contributed by atoms with van der Waals surface area (Å²) in [5.41, 5.74) is 7.37. The van der Waals surface area contributed by atoms with Crippen LogP contribution in [0.25, 0.3) is 32.9 Å². The number of imide groups is 2. The highest BCUT2D eigenvalue weighted by molar-refractivity contribution is 6.23. The van der Waals surface area contributed by atoms with Gasteiger partial charge in [-0.1, -0.05) is 24.3 Å². The minimum Gasteiger partial charge on any atom is -0.494 e. The van der Waals surface area contributed by atoms with Crippen molar-refractivity contribution in [3.63, 3.8) is 0 Å². The van der Waals surface area contributed by atoms with Crippen molar-refractivity contribution in [2.45, 2.75) is 75.7 Å². The zero-order valence-corrected chi connectivity index (χ0v) is 33.9. The van der Waals surface area contributed by atoms with Crippen molar-refractivity contribution in [1.82, 2.24) is 24.8 Å². The van der Waals surface area contributed by atoms with Crippen molar-refractivity contribution in [1.29, 1.82) is 0 Å². The highest BCUT2D eigenvalue weighted by Gasteiger charge is 2.44. The molecule has 1 atom stereocenters. The van der Waals surface area contributed by atoms with E-state index in [-0.39, 0.29) is 42.3 Å². The van der Waals surface area contributed by atoms with Gasteiger partial charge in [0.1, 0.15) is 17.9 Å². The first-order valence-corrected chi connectivity index (χ1v) is 21.2. The Labute approximate surface area is 352 Å². The molecule has 6 heterocycles. The molecule has 6 aromatic rings. The molecular weight excluding hydrogens is 773 g/mol. The van der Waals surface area contributed by atoms with E-state index in [0.717, 1.165) is 78.5 Å². The number of carbonyl (C=O) groups is 4. The van der Waals surface area contributed by atoms with Crippen LogP contribution in [0.3, 0.4) is 0 Å². The number of aryl methyl sites for hydroxylation is 2. The molecule has 3 aliphatic heterocycles. The van der Waals surface area contributed by atoms with Gasteiger partial charge in [0.25, 0.3) is 11.8 Å². The predicted octanol–water partition coefficient (Wildman–Crippen LogP) is 6.80. The van der Waals surface area contributed by atoms with E-state index in [1.807, 2.05) is 30.7 Å². The average molecular weight is 819 g/mol. The number of piperidine rings is 2. The van der Waals surface area contributed by atoms with Gasteiger partial charge in [-0.05, 0) is 91.8 Å². The summed E-state index contributed by atoms with van der Waals surface area (Å²) in [6.45, 7) is 2.31. The van der Waals surface area contributed by atoms with E-state index in [2.05, 4.69) is 80.3 Å². The molecule has 3 aromatic heterocycles. The number of hydrogen-bond donors (Lipinski definition) is 1. The van der Waals surface area contributed by atoms with Crippen LogP contribution in [0.1, 0.15) is 71.2 Å². The van der Waals surface area contributed by atoms with Crippen LogP contribution in [0.4, 0.5) is 5.69 Å². The maximum absolute atomic E-state index is 13.2. The Hall–Kier alpha value is -6.60. The summed E-state index contributed by atoms with van der Waals surface area (Å²) >= 11 is 0. The minimum absolute atomic E-state index is 0.0783.